The van der Waals surface area contributed by atoms with Crippen molar-refractivity contribution in [2.45, 2.75) is 33.7 Å². The van der Waals surface area contributed by atoms with Crippen LogP contribution in [0.4, 0.5) is 0 Å². The van der Waals surface area contributed by atoms with Gasteiger partial charge in [0.05, 0.1) is 20.8 Å². The lowest BCUT2D eigenvalue weighted by molar-refractivity contribution is -0.149. The Bertz CT molecular complexity index is 556. The lowest BCUT2D eigenvalue weighted by atomic mass is 10.1. The summed E-state index contributed by atoms with van der Waals surface area (Å²) in [6.45, 7) is 6.22. The number of amides is 1. The standard InChI is InChI=1S/C18H27NO5/c1-6-24-18(21)12-19(17(20)9-13(2)3)11-14-7-8-15(22-4)16(10-14)23-5/h7-8,10,13H,6,9,11-12H2,1-5H3. The number of rotatable bonds is 9. The van der Waals surface area contributed by atoms with Crippen LogP contribution in [0.25, 0.3) is 0 Å². The summed E-state index contributed by atoms with van der Waals surface area (Å²) >= 11 is 0. The summed E-state index contributed by atoms with van der Waals surface area (Å²) in [6.07, 6.45) is 0.382. The van der Waals surface area contributed by atoms with Crippen LogP contribution in [-0.4, -0.2) is 44.1 Å². The molecule has 0 spiro atoms. The number of benzene rings is 1. The fourth-order valence-corrected chi connectivity index (χ4v) is 2.27. The Morgan fingerprint density at radius 2 is 1.79 bits per heavy atom. The average molecular weight is 337 g/mol. The van der Waals surface area contributed by atoms with Gasteiger partial charge in [0.2, 0.25) is 5.91 Å². The van der Waals surface area contributed by atoms with Gasteiger partial charge in [-0.15, -0.1) is 0 Å². The molecule has 0 aromatic heterocycles. The summed E-state index contributed by atoms with van der Waals surface area (Å²) in [7, 11) is 3.12. The molecule has 0 aliphatic carbocycles. The van der Waals surface area contributed by atoms with Gasteiger partial charge in [0.15, 0.2) is 11.5 Å². The molecular formula is C18H27NO5. The van der Waals surface area contributed by atoms with E-state index in [1.54, 1.807) is 33.3 Å². The quantitative estimate of drug-likeness (QED) is 0.648. The van der Waals surface area contributed by atoms with Gasteiger partial charge in [0.1, 0.15) is 6.54 Å². The van der Waals surface area contributed by atoms with Crippen LogP contribution in [0.2, 0.25) is 0 Å². The second-order valence-electron chi connectivity index (χ2n) is 5.84. The molecule has 134 valence electrons. The third-order valence-corrected chi connectivity index (χ3v) is 3.38. The third-order valence-electron chi connectivity index (χ3n) is 3.38. The van der Waals surface area contributed by atoms with E-state index in [0.29, 0.717) is 31.1 Å². The summed E-state index contributed by atoms with van der Waals surface area (Å²) in [5, 5.41) is 0. The molecule has 0 radical (unpaired) electrons. The molecule has 1 aromatic carbocycles. The zero-order valence-corrected chi connectivity index (χ0v) is 15.1. The van der Waals surface area contributed by atoms with Gasteiger partial charge in [-0.1, -0.05) is 19.9 Å². The lowest BCUT2D eigenvalue weighted by Crippen LogP contribution is -2.36. The van der Waals surface area contributed by atoms with Crippen molar-refractivity contribution in [2.24, 2.45) is 5.92 Å². The molecule has 6 nitrogen and oxygen atoms in total. The number of carbonyl (C=O) groups excluding carboxylic acids is 2. The van der Waals surface area contributed by atoms with Crippen LogP contribution in [0.1, 0.15) is 32.8 Å². The maximum Gasteiger partial charge on any atom is 0.325 e. The van der Waals surface area contributed by atoms with Gasteiger partial charge in [-0.25, -0.2) is 0 Å². The summed E-state index contributed by atoms with van der Waals surface area (Å²) in [5.74, 6) is 0.935. The first-order valence-corrected chi connectivity index (χ1v) is 8.05. The van der Waals surface area contributed by atoms with Crippen molar-refractivity contribution in [3.05, 3.63) is 23.8 Å². The van der Waals surface area contributed by atoms with Gasteiger partial charge in [-0.2, -0.15) is 0 Å². The molecule has 0 heterocycles. The minimum absolute atomic E-state index is 0.0618. The minimum atomic E-state index is -0.407. The Hall–Kier alpha value is -2.24. The molecule has 0 aliphatic heterocycles. The highest BCUT2D eigenvalue weighted by molar-refractivity contribution is 5.82. The summed E-state index contributed by atoms with van der Waals surface area (Å²) < 4.78 is 15.5. The summed E-state index contributed by atoms with van der Waals surface area (Å²) in [6, 6.07) is 5.44. The highest BCUT2D eigenvalue weighted by Crippen LogP contribution is 2.28. The van der Waals surface area contributed by atoms with Crippen LogP contribution in [-0.2, 0) is 20.9 Å². The predicted octanol–water partition coefficient (Wildman–Crippen LogP) is 2.64. The van der Waals surface area contributed by atoms with Crippen molar-refractivity contribution < 1.29 is 23.8 Å². The molecule has 0 saturated carbocycles. The van der Waals surface area contributed by atoms with Crippen LogP contribution < -0.4 is 9.47 Å². The number of ether oxygens (including phenoxy) is 3. The zero-order valence-electron chi connectivity index (χ0n) is 15.1. The van der Waals surface area contributed by atoms with E-state index in [1.165, 1.54) is 4.90 Å². The van der Waals surface area contributed by atoms with Crippen molar-refractivity contribution in [1.82, 2.24) is 4.90 Å². The van der Waals surface area contributed by atoms with Crippen molar-refractivity contribution in [3.63, 3.8) is 0 Å². The number of nitrogens with zero attached hydrogens (tertiary/aromatic N) is 1. The van der Waals surface area contributed by atoms with Crippen LogP contribution >= 0.6 is 0 Å². The van der Waals surface area contributed by atoms with E-state index in [9.17, 15) is 9.59 Å². The maximum absolute atomic E-state index is 12.4. The van der Waals surface area contributed by atoms with E-state index in [2.05, 4.69) is 0 Å². The first-order valence-electron chi connectivity index (χ1n) is 8.05. The number of esters is 1. The Labute approximate surface area is 143 Å². The van der Waals surface area contributed by atoms with E-state index in [0.717, 1.165) is 5.56 Å². The SMILES string of the molecule is CCOC(=O)CN(Cc1ccc(OC)c(OC)c1)C(=O)CC(C)C. The second-order valence-corrected chi connectivity index (χ2v) is 5.84. The fraction of sp³-hybridized carbons (Fsp3) is 0.556. The Kier molecular flexibility index (Phi) is 8.09. The topological polar surface area (TPSA) is 65.1 Å². The van der Waals surface area contributed by atoms with Gasteiger partial charge < -0.3 is 19.1 Å². The second kappa shape index (κ2) is 9.80. The summed E-state index contributed by atoms with van der Waals surface area (Å²) in [4.78, 5) is 25.7. The van der Waals surface area contributed by atoms with Gasteiger partial charge in [0.25, 0.3) is 0 Å². The number of carbonyl (C=O) groups is 2. The van der Waals surface area contributed by atoms with Crippen LogP contribution in [0.3, 0.4) is 0 Å². The molecule has 0 N–H and O–H groups in total. The molecule has 6 heteroatoms. The minimum Gasteiger partial charge on any atom is -0.493 e. The number of hydrogen-bond acceptors (Lipinski definition) is 5. The first-order chi connectivity index (χ1) is 11.4. The predicted molar refractivity (Wildman–Crippen MR) is 91.1 cm³/mol. The Balaban J connectivity index is 2.94. The van der Waals surface area contributed by atoms with Gasteiger partial charge >= 0.3 is 5.97 Å². The van der Waals surface area contributed by atoms with Gasteiger partial charge in [-0.05, 0) is 30.5 Å². The fourth-order valence-electron chi connectivity index (χ4n) is 2.27. The zero-order chi connectivity index (χ0) is 18.1. The van der Waals surface area contributed by atoms with Crippen molar-refractivity contribution in [1.29, 1.82) is 0 Å². The monoisotopic (exact) mass is 337 g/mol. The molecular weight excluding hydrogens is 310 g/mol. The molecule has 0 atom stereocenters. The normalized spacial score (nSPS) is 10.4. The summed E-state index contributed by atoms with van der Waals surface area (Å²) in [5.41, 5.74) is 0.856. The van der Waals surface area contributed by atoms with Crippen LogP contribution in [0.5, 0.6) is 11.5 Å². The van der Waals surface area contributed by atoms with Crippen LogP contribution in [0.15, 0.2) is 18.2 Å². The van der Waals surface area contributed by atoms with Gasteiger partial charge in [-0.3, -0.25) is 9.59 Å². The third kappa shape index (κ3) is 6.10. The van der Waals surface area contributed by atoms with Crippen LogP contribution in [0, 0.1) is 5.92 Å². The van der Waals surface area contributed by atoms with Crippen molar-refractivity contribution in [3.8, 4) is 11.5 Å². The largest absolute Gasteiger partial charge is 0.493 e. The molecule has 0 fully saturated rings. The molecule has 1 amide bonds. The van der Waals surface area contributed by atoms with Gasteiger partial charge in [0, 0.05) is 13.0 Å². The Morgan fingerprint density at radius 1 is 1.12 bits per heavy atom. The first kappa shape index (κ1) is 19.8. The van der Waals surface area contributed by atoms with E-state index in [1.807, 2.05) is 19.9 Å². The average Bonchev–Trinajstić information content (AvgIpc) is 2.53. The Morgan fingerprint density at radius 3 is 2.33 bits per heavy atom. The molecule has 0 aliphatic rings. The van der Waals surface area contributed by atoms with Crippen molar-refractivity contribution in [2.75, 3.05) is 27.4 Å². The molecule has 0 bridgehead atoms. The number of methoxy groups -OCH3 is 2. The molecule has 1 rings (SSSR count). The highest BCUT2D eigenvalue weighted by atomic mass is 16.5. The molecule has 0 saturated heterocycles. The van der Waals surface area contributed by atoms with E-state index < -0.39 is 5.97 Å². The smallest absolute Gasteiger partial charge is 0.325 e. The van der Waals surface area contributed by atoms with E-state index in [-0.39, 0.29) is 18.4 Å². The molecule has 0 unspecified atom stereocenters. The molecule has 24 heavy (non-hydrogen) atoms. The lowest BCUT2D eigenvalue weighted by Gasteiger charge is -2.23. The highest BCUT2D eigenvalue weighted by Gasteiger charge is 2.20. The van der Waals surface area contributed by atoms with E-state index in [4.69, 9.17) is 14.2 Å². The maximum atomic E-state index is 12.4. The van der Waals surface area contributed by atoms with Crippen molar-refractivity contribution >= 4 is 11.9 Å². The van der Waals surface area contributed by atoms with E-state index >= 15 is 0 Å². The number of hydrogen-bond donors (Lipinski definition) is 0. The molecule has 1 aromatic rings.